The van der Waals surface area contributed by atoms with Gasteiger partial charge in [-0.05, 0) is 43.3 Å². The zero-order valence-corrected chi connectivity index (χ0v) is 16.5. The van der Waals surface area contributed by atoms with Gasteiger partial charge in [-0.2, -0.15) is 4.98 Å². The monoisotopic (exact) mass is 414 g/mol. The summed E-state index contributed by atoms with van der Waals surface area (Å²) in [7, 11) is 0. The number of ketones is 1. The second kappa shape index (κ2) is 9.84. The number of ether oxygens (including phenoxy) is 2. The first kappa shape index (κ1) is 20.5. The molecule has 3 aromatic rings. The van der Waals surface area contributed by atoms with Gasteiger partial charge in [0.15, 0.2) is 12.4 Å². The van der Waals surface area contributed by atoms with Crippen LogP contribution in [0.2, 0.25) is 5.02 Å². The van der Waals surface area contributed by atoms with E-state index in [-0.39, 0.29) is 31.1 Å². The van der Waals surface area contributed by atoms with Crippen molar-refractivity contribution < 1.29 is 23.6 Å². The fourth-order valence-electron chi connectivity index (χ4n) is 2.54. The highest BCUT2D eigenvalue weighted by Gasteiger charge is 2.14. The molecular weight excluding hydrogens is 396 g/mol. The zero-order chi connectivity index (χ0) is 20.6. The minimum Gasteiger partial charge on any atom is -0.494 e. The molecule has 0 saturated carbocycles. The second-order valence-electron chi connectivity index (χ2n) is 6.06. The third kappa shape index (κ3) is 5.89. The Morgan fingerprint density at radius 1 is 1.10 bits per heavy atom. The van der Waals surface area contributed by atoms with Gasteiger partial charge < -0.3 is 14.0 Å². The summed E-state index contributed by atoms with van der Waals surface area (Å²) in [5.41, 5.74) is 1.21. The molecule has 3 rings (SSSR count). The fraction of sp³-hybridized carbons (Fsp3) is 0.238. The first-order valence-electron chi connectivity index (χ1n) is 9.05. The van der Waals surface area contributed by atoms with Crippen molar-refractivity contribution in [2.45, 2.75) is 26.4 Å². The van der Waals surface area contributed by atoms with Gasteiger partial charge in [0.25, 0.3) is 5.89 Å². The van der Waals surface area contributed by atoms with Gasteiger partial charge in [-0.3, -0.25) is 9.59 Å². The average Bonchev–Trinajstić information content (AvgIpc) is 3.20. The van der Waals surface area contributed by atoms with Crippen LogP contribution in [0.5, 0.6) is 5.75 Å². The minimum atomic E-state index is -0.521. The van der Waals surface area contributed by atoms with Crippen molar-refractivity contribution in [3.05, 3.63) is 65.0 Å². The second-order valence-corrected chi connectivity index (χ2v) is 6.50. The molecule has 150 valence electrons. The molecule has 0 amide bonds. The molecule has 0 unspecified atom stereocenters. The number of Topliss-reactive ketones (excluding diaryl/α,β-unsaturated/α-hetero) is 1. The number of carbonyl (C=O) groups is 2. The van der Waals surface area contributed by atoms with Gasteiger partial charge in [0.05, 0.1) is 13.0 Å². The summed E-state index contributed by atoms with van der Waals surface area (Å²) < 4.78 is 15.5. The molecule has 0 aliphatic carbocycles. The van der Waals surface area contributed by atoms with Gasteiger partial charge in [-0.1, -0.05) is 28.9 Å². The molecule has 0 spiro atoms. The Morgan fingerprint density at radius 3 is 2.62 bits per heavy atom. The molecule has 0 bridgehead atoms. The Morgan fingerprint density at radius 2 is 1.90 bits per heavy atom. The van der Waals surface area contributed by atoms with Gasteiger partial charge >= 0.3 is 5.97 Å². The number of aromatic nitrogens is 2. The van der Waals surface area contributed by atoms with Crippen LogP contribution in [0.15, 0.2) is 53.1 Å². The maximum atomic E-state index is 12.2. The summed E-state index contributed by atoms with van der Waals surface area (Å²) in [6.07, 6.45) is 0.00570. The smallest absolute Gasteiger partial charge is 0.306 e. The van der Waals surface area contributed by atoms with Crippen molar-refractivity contribution in [2.24, 2.45) is 0 Å². The molecule has 0 N–H and O–H groups in total. The lowest BCUT2D eigenvalue weighted by Crippen LogP contribution is -2.08. The lowest BCUT2D eigenvalue weighted by atomic mass is 10.1. The summed E-state index contributed by atoms with van der Waals surface area (Å²) in [5.74, 6) is 0.536. The van der Waals surface area contributed by atoms with Crippen molar-refractivity contribution in [3.63, 3.8) is 0 Å². The molecule has 1 heterocycles. The number of halogens is 1. The first-order valence-corrected chi connectivity index (χ1v) is 9.43. The number of rotatable bonds is 9. The van der Waals surface area contributed by atoms with Crippen molar-refractivity contribution in [3.8, 4) is 17.1 Å². The molecule has 1 aromatic heterocycles. The van der Waals surface area contributed by atoms with E-state index in [1.54, 1.807) is 48.5 Å². The van der Waals surface area contributed by atoms with Crippen LogP contribution >= 0.6 is 11.6 Å². The molecule has 2 aromatic carbocycles. The normalized spacial score (nSPS) is 10.6. The molecule has 0 aliphatic heterocycles. The third-order valence-corrected chi connectivity index (χ3v) is 4.19. The molecule has 0 fully saturated rings. The van der Waals surface area contributed by atoms with Crippen molar-refractivity contribution in [2.75, 3.05) is 6.61 Å². The van der Waals surface area contributed by atoms with Crippen LogP contribution in [0.4, 0.5) is 0 Å². The van der Waals surface area contributed by atoms with Gasteiger partial charge in [0.2, 0.25) is 5.82 Å². The summed E-state index contributed by atoms with van der Waals surface area (Å²) >= 11 is 5.94. The first-order chi connectivity index (χ1) is 14.0. The Labute approximate surface area is 172 Å². The maximum Gasteiger partial charge on any atom is 0.306 e. The van der Waals surface area contributed by atoms with E-state index in [1.165, 1.54) is 0 Å². The molecule has 0 radical (unpaired) electrons. The number of carbonyl (C=O) groups excluding carboxylic acids is 2. The van der Waals surface area contributed by atoms with E-state index in [2.05, 4.69) is 10.1 Å². The zero-order valence-electron chi connectivity index (χ0n) is 15.8. The molecule has 8 heteroatoms. The van der Waals surface area contributed by atoms with Crippen LogP contribution in [-0.4, -0.2) is 28.5 Å². The fourth-order valence-corrected chi connectivity index (χ4v) is 2.73. The predicted molar refractivity (Wildman–Crippen MR) is 106 cm³/mol. The van der Waals surface area contributed by atoms with Crippen molar-refractivity contribution >= 4 is 23.4 Å². The molecule has 0 saturated heterocycles. The lowest BCUT2D eigenvalue weighted by Gasteiger charge is -2.05. The molecule has 0 atom stereocenters. The highest BCUT2D eigenvalue weighted by atomic mass is 35.5. The lowest BCUT2D eigenvalue weighted by molar-refractivity contribution is -0.145. The summed E-state index contributed by atoms with van der Waals surface area (Å²) in [6.45, 7) is 2.28. The quantitative estimate of drug-likeness (QED) is 0.376. The molecule has 7 nitrogen and oxygen atoms in total. The van der Waals surface area contributed by atoms with Crippen molar-refractivity contribution in [1.82, 2.24) is 10.1 Å². The van der Waals surface area contributed by atoms with E-state index in [0.29, 0.717) is 34.3 Å². The minimum absolute atomic E-state index is 0.0403. The van der Waals surface area contributed by atoms with Crippen LogP contribution in [-0.2, 0) is 16.1 Å². The van der Waals surface area contributed by atoms with Crippen LogP contribution in [0.25, 0.3) is 11.4 Å². The Hall–Kier alpha value is -3.19. The summed E-state index contributed by atoms with van der Waals surface area (Å²) in [6, 6.07) is 13.8. The van der Waals surface area contributed by atoms with Crippen LogP contribution < -0.4 is 4.74 Å². The van der Waals surface area contributed by atoms with Crippen LogP contribution in [0.3, 0.4) is 0 Å². The van der Waals surface area contributed by atoms with Gasteiger partial charge in [-0.15, -0.1) is 0 Å². The standard InChI is InChI=1S/C21H19ClN2O5/c1-2-27-17-8-6-14(7-9-17)18(25)10-11-20(26)28-13-19-23-21(24-29-19)15-4-3-5-16(22)12-15/h3-9,12H,2,10-11,13H2,1H3. The Bertz CT molecular complexity index is 985. The SMILES string of the molecule is CCOc1ccc(C(=O)CCC(=O)OCc2nc(-c3cccc(Cl)c3)no2)cc1. The number of hydrogen-bond donors (Lipinski definition) is 0. The Balaban J connectivity index is 1.46. The molecule has 0 aliphatic rings. The van der Waals surface area contributed by atoms with E-state index < -0.39 is 5.97 Å². The number of benzene rings is 2. The number of nitrogens with zero attached hydrogens (tertiary/aromatic N) is 2. The van der Waals surface area contributed by atoms with E-state index in [0.717, 1.165) is 0 Å². The van der Waals surface area contributed by atoms with E-state index in [4.69, 9.17) is 25.6 Å². The highest BCUT2D eigenvalue weighted by Crippen LogP contribution is 2.20. The summed E-state index contributed by atoms with van der Waals surface area (Å²) in [4.78, 5) is 28.3. The summed E-state index contributed by atoms with van der Waals surface area (Å²) in [5, 5.41) is 4.39. The van der Waals surface area contributed by atoms with Gasteiger partial charge in [-0.25, -0.2) is 0 Å². The number of hydrogen-bond acceptors (Lipinski definition) is 7. The third-order valence-electron chi connectivity index (χ3n) is 3.95. The van der Waals surface area contributed by atoms with Crippen LogP contribution in [0, 0.1) is 0 Å². The predicted octanol–water partition coefficient (Wildman–Crippen LogP) is 4.50. The Kier molecular flexibility index (Phi) is 6.97. The van der Waals surface area contributed by atoms with E-state index in [1.807, 2.05) is 6.92 Å². The van der Waals surface area contributed by atoms with Gasteiger partial charge in [0.1, 0.15) is 5.75 Å². The van der Waals surface area contributed by atoms with Crippen LogP contribution in [0.1, 0.15) is 36.0 Å². The maximum absolute atomic E-state index is 12.2. The number of esters is 1. The van der Waals surface area contributed by atoms with E-state index >= 15 is 0 Å². The topological polar surface area (TPSA) is 91.5 Å². The van der Waals surface area contributed by atoms with E-state index in [9.17, 15) is 9.59 Å². The van der Waals surface area contributed by atoms with Gasteiger partial charge in [0, 0.05) is 22.6 Å². The van der Waals surface area contributed by atoms with Crippen molar-refractivity contribution in [1.29, 1.82) is 0 Å². The average molecular weight is 415 g/mol. The highest BCUT2D eigenvalue weighted by molar-refractivity contribution is 6.30. The molecule has 29 heavy (non-hydrogen) atoms. The largest absolute Gasteiger partial charge is 0.494 e. The molecular formula is C21H19ClN2O5.